The van der Waals surface area contributed by atoms with Crippen molar-refractivity contribution >= 4 is 11.6 Å². The van der Waals surface area contributed by atoms with Crippen molar-refractivity contribution in [2.24, 2.45) is 12.9 Å². The predicted octanol–water partition coefficient (Wildman–Crippen LogP) is 1.83. The molecular weight excluding hydrogens is 262 g/mol. The lowest BCUT2D eigenvalue weighted by atomic mass is 10.0. The smallest absolute Gasteiger partial charge is 0.130 e. The molecule has 0 aliphatic heterocycles. The lowest BCUT2D eigenvalue weighted by Crippen LogP contribution is -2.29. The highest BCUT2D eigenvalue weighted by Gasteiger charge is 2.18. The molecule has 0 saturated carbocycles. The molecule has 0 radical (unpaired) electrons. The molecule has 0 bridgehead atoms. The summed E-state index contributed by atoms with van der Waals surface area (Å²) >= 11 is 6.25. The highest BCUT2D eigenvalue weighted by molar-refractivity contribution is 6.30. The largest absolute Gasteiger partial charge is 0.271 e. The lowest BCUT2D eigenvalue weighted by Gasteiger charge is -2.16. The van der Waals surface area contributed by atoms with Gasteiger partial charge in [0.25, 0.3) is 0 Å². The molecule has 0 aliphatic rings. The van der Waals surface area contributed by atoms with Crippen molar-refractivity contribution in [1.82, 2.24) is 20.2 Å². The number of nitrogens with zero attached hydrogens (tertiary/aromatic N) is 3. The first-order valence-corrected chi connectivity index (χ1v) is 6.46. The number of aryl methyl sites for hydroxylation is 3. The van der Waals surface area contributed by atoms with Gasteiger partial charge >= 0.3 is 0 Å². The van der Waals surface area contributed by atoms with Crippen LogP contribution in [0.4, 0.5) is 0 Å². The van der Waals surface area contributed by atoms with E-state index in [1.165, 1.54) is 0 Å². The molecule has 6 heteroatoms. The van der Waals surface area contributed by atoms with Crippen LogP contribution < -0.4 is 11.3 Å². The maximum atomic E-state index is 6.25. The van der Waals surface area contributed by atoms with Gasteiger partial charge in [-0.05, 0) is 31.4 Å². The molecule has 0 saturated heterocycles. The van der Waals surface area contributed by atoms with Crippen LogP contribution >= 0.6 is 11.6 Å². The summed E-state index contributed by atoms with van der Waals surface area (Å²) in [6, 6.07) is 2.03. The number of hydrogen-bond acceptors (Lipinski definition) is 4. The van der Waals surface area contributed by atoms with Gasteiger partial charge in [0.2, 0.25) is 0 Å². The molecule has 0 aliphatic carbocycles. The zero-order valence-electron chi connectivity index (χ0n) is 11.3. The van der Waals surface area contributed by atoms with E-state index in [0.717, 1.165) is 22.4 Å². The minimum atomic E-state index is -0.0344. The van der Waals surface area contributed by atoms with Crippen LogP contribution in [0.25, 0.3) is 0 Å². The minimum absolute atomic E-state index is 0.0344. The second kappa shape index (κ2) is 5.69. The Bertz CT molecular complexity index is 578. The van der Waals surface area contributed by atoms with Gasteiger partial charge in [0, 0.05) is 25.0 Å². The number of nitrogens with one attached hydrogen (secondary N) is 1. The summed E-state index contributed by atoms with van der Waals surface area (Å²) < 4.78 is 1.67. The average molecular weight is 280 g/mol. The molecule has 19 heavy (non-hydrogen) atoms. The van der Waals surface area contributed by atoms with E-state index in [-0.39, 0.29) is 6.04 Å². The highest BCUT2D eigenvalue weighted by atomic mass is 35.5. The fourth-order valence-electron chi connectivity index (χ4n) is 2.15. The van der Waals surface area contributed by atoms with Crippen LogP contribution in [0.5, 0.6) is 0 Å². The summed E-state index contributed by atoms with van der Waals surface area (Å²) in [7, 11) is 1.83. The summed E-state index contributed by atoms with van der Waals surface area (Å²) in [5, 5.41) is 4.96. The molecule has 2 heterocycles. The SMILES string of the molecule is Cc1cncc(C(Cc2c(C)nn(C)c2Cl)NN)c1. The van der Waals surface area contributed by atoms with E-state index in [9.17, 15) is 0 Å². The van der Waals surface area contributed by atoms with Crippen molar-refractivity contribution < 1.29 is 0 Å². The Hall–Kier alpha value is -1.43. The Balaban J connectivity index is 2.29. The zero-order chi connectivity index (χ0) is 14.0. The average Bonchev–Trinajstić information content (AvgIpc) is 2.61. The maximum absolute atomic E-state index is 6.25. The van der Waals surface area contributed by atoms with Crippen LogP contribution in [0.15, 0.2) is 18.5 Å². The van der Waals surface area contributed by atoms with Gasteiger partial charge in [0.1, 0.15) is 5.15 Å². The number of pyridine rings is 1. The normalized spacial score (nSPS) is 12.7. The van der Waals surface area contributed by atoms with E-state index in [1.54, 1.807) is 4.68 Å². The first kappa shape index (κ1) is 14.0. The molecule has 5 nitrogen and oxygen atoms in total. The van der Waals surface area contributed by atoms with Gasteiger partial charge in [-0.1, -0.05) is 17.7 Å². The topological polar surface area (TPSA) is 68.8 Å². The van der Waals surface area contributed by atoms with Gasteiger partial charge in [-0.2, -0.15) is 5.10 Å². The Morgan fingerprint density at radius 3 is 2.68 bits per heavy atom. The van der Waals surface area contributed by atoms with Gasteiger partial charge in [-0.3, -0.25) is 20.9 Å². The first-order chi connectivity index (χ1) is 9.02. The fraction of sp³-hybridized carbons (Fsp3) is 0.385. The molecule has 1 atom stereocenters. The second-order valence-electron chi connectivity index (χ2n) is 4.70. The molecule has 0 aromatic carbocycles. The molecule has 0 amide bonds. The van der Waals surface area contributed by atoms with Gasteiger partial charge in [0.05, 0.1) is 11.7 Å². The van der Waals surface area contributed by atoms with Gasteiger partial charge in [-0.25, -0.2) is 0 Å². The standard InChI is InChI=1S/C13H18ClN5/c1-8-4-10(7-16-6-8)12(17-15)5-11-9(2)18-19(3)13(11)14/h4,6-7,12,17H,5,15H2,1-3H3. The summed E-state index contributed by atoms with van der Waals surface area (Å²) in [4.78, 5) is 4.20. The summed E-state index contributed by atoms with van der Waals surface area (Å²) in [5.74, 6) is 5.66. The van der Waals surface area contributed by atoms with E-state index in [2.05, 4.69) is 21.6 Å². The quantitative estimate of drug-likeness (QED) is 0.662. The van der Waals surface area contributed by atoms with E-state index in [1.807, 2.05) is 33.3 Å². The van der Waals surface area contributed by atoms with Gasteiger partial charge in [-0.15, -0.1) is 0 Å². The van der Waals surface area contributed by atoms with E-state index in [0.29, 0.717) is 11.6 Å². The number of aromatic nitrogens is 3. The molecule has 102 valence electrons. The summed E-state index contributed by atoms with van der Waals surface area (Å²) in [6.45, 7) is 3.95. The third-order valence-corrected chi connectivity index (χ3v) is 3.65. The molecule has 0 spiro atoms. The van der Waals surface area contributed by atoms with Crippen LogP contribution in [0, 0.1) is 13.8 Å². The number of hydrazine groups is 1. The third-order valence-electron chi connectivity index (χ3n) is 3.18. The maximum Gasteiger partial charge on any atom is 0.130 e. The van der Waals surface area contributed by atoms with E-state index >= 15 is 0 Å². The second-order valence-corrected chi connectivity index (χ2v) is 5.06. The van der Waals surface area contributed by atoms with Crippen LogP contribution in [0.2, 0.25) is 5.15 Å². The molecule has 3 N–H and O–H groups in total. The van der Waals surface area contributed by atoms with Crippen molar-refractivity contribution in [3.8, 4) is 0 Å². The molecule has 2 aromatic heterocycles. The lowest BCUT2D eigenvalue weighted by molar-refractivity contribution is 0.549. The molecule has 2 rings (SSSR count). The highest BCUT2D eigenvalue weighted by Crippen LogP contribution is 2.25. The van der Waals surface area contributed by atoms with Crippen LogP contribution in [-0.4, -0.2) is 14.8 Å². The number of hydrogen-bond donors (Lipinski definition) is 2. The van der Waals surface area contributed by atoms with Crippen molar-refractivity contribution in [1.29, 1.82) is 0 Å². The molecule has 1 unspecified atom stereocenters. The summed E-state index contributed by atoms with van der Waals surface area (Å²) in [5.41, 5.74) is 6.90. The van der Waals surface area contributed by atoms with E-state index < -0.39 is 0 Å². The predicted molar refractivity (Wildman–Crippen MR) is 75.7 cm³/mol. The fourth-order valence-corrected chi connectivity index (χ4v) is 2.40. The van der Waals surface area contributed by atoms with Crippen molar-refractivity contribution in [3.63, 3.8) is 0 Å². The molecule has 2 aromatic rings. The zero-order valence-corrected chi connectivity index (χ0v) is 12.1. The Kier molecular flexibility index (Phi) is 4.19. The van der Waals surface area contributed by atoms with E-state index in [4.69, 9.17) is 17.4 Å². The van der Waals surface area contributed by atoms with Crippen LogP contribution in [0.1, 0.15) is 28.4 Å². The van der Waals surface area contributed by atoms with Crippen molar-refractivity contribution in [3.05, 3.63) is 46.0 Å². The van der Waals surface area contributed by atoms with Crippen LogP contribution in [-0.2, 0) is 13.5 Å². The Morgan fingerprint density at radius 1 is 1.42 bits per heavy atom. The Morgan fingerprint density at radius 2 is 2.16 bits per heavy atom. The Labute approximate surface area is 117 Å². The number of rotatable bonds is 4. The van der Waals surface area contributed by atoms with Crippen LogP contribution in [0.3, 0.4) is 0 Å². The monoisotopic (exact) mass is 279 g/mol. The molecule has 0 fully saturated rings. The third kappa shape index (κ3) is 2.94. The minimum Gasteiger partial charge on any atom is -0.271 e. The number of nitrogens with two attached hydrogens (primary N) is 1. The summed E-state index contributed by atoms with van der Waals surface area (Å²) in [6.07, 6.45) is 4.32. The van der Waals surface area contributed by atoms with Gasteiger partial charge < -0.3 is 0 Å². The first-order valence-electron chi connectivity index (χ1n) is 6.08. The van der Waals surface area contributed by atoms with Gasteiger partial charge in [0.15, 0.2) is 0 Å². The van der Waals surface area contributed by atoms with Crippen molar-refractivity contribution in [2.75, 3.05) is 0 Å². The van der Waals surface area contributed by atoms with Crippen molar-refractivity contribution in [2.45, 2.75) is 26.3 Å². The number of halogens is 1. The molecular formula is C13H18ClN5.